The van der Waals surface area contributed by atoms with Crippen LogP contribution in [0.25, 0.3) is 0 Å². The van der Waals surface area contributed by atoms with E-state index in [1.807, 2.05) is 6.92 Å². The number of hydrogen-bond acceptors (Lipinski definition) is 4. The van der Waals surface area contributed by atoms with Gasteiger partial charge in [0.15, 0.2) is 0 Å². The van der Waals surface area contributed by atoms with Gasteiger partial charge in [-0.25, -0.2) is 0 Å². The monoisotopic (exact) mass is 248 g/mol. The third kappa shape index (κ3) is 10.7. The maximum atomic E-state index is 9.67. The van der Waals surface area contributed by atoms with Gasteiger partial charge in [-0.2, -0.15) is 0 Å². The van der Waals surface area contributed by atoms with Crippen LogP contribution >= 0.6 is 0 Å². The minimum Gasteiger partial charge on any atom is -0.393 e. The molecule has 4 heteroatoms. The number of ether oxygens (including phenoxy) is 2. The van der Waals surface area contributed by atoms with Gasteiger partial charge < -0.3 is 19.7 Å². The predicted molar refractivity (Wildman–Crippen MR) is 68.0 cm³/mol. The summed E-state index contributed by atoms with van der Waals surface area (Å²) in [4.78, 5) is 0. The highest BCUT2D eigenvalue weighted by atomic mass is 16.5. The van der Waals surface area contributed by atoms with E-state index < -0.39 is 6.10 Å². The molecule has 3 unspecified atom stereocenters. The van der Waals surface area contributed by atoms with E-state index >= 15 is 0 Å². The van der Waals surface area contributed by atoms with Crippen LogP contribution in [0.5, 0.6) is 0 Å². The van der Waals surface area contributed by atoms with Gasteiger partial charge in [0.2, 0.25) is 0 Å². The Morgan fingerprint density at radius 3 is 2.06 bits per heavy atom. The van der Waals surface area contributed by atoms with Crippen LogP contribution in [0.1, 0.15) is 40.0 Å². The lowest BCUT2D eigenvalue weighted by Crippen LogP contribution is -2.24. The Labute approximate surface area is 105 Å². The maximum absolute atomic E-state index is 9.67. The zero-order chi connectivity index (χ0) is 13.3. The van der Waals surface area contributed by atoms with E-state index in [4.69, 9.17) is 9.47 Å². The number of aliphatic hydroxyl groups is 2. The highest BCUT2D eigenvalue weighted by molar-refractivity contribution is 4.63. The molecule has 0 aliphatic rings. The molecule has 0 saturated carbocycles. The van der Waals surface area contributed by atoms with E-state index in [0.717, 1.165) is 6.42 Å². The molecule has 0 aliphatic carbocycles. The van der Waals surface area contributed by atoms with Crippen LogP contribution in [0.3, 0.4) is 0 Å². The van der Waals surface area contributed by atoms with Gasteiger partial charge in [0.25, 0.3) is 0 Å². The molecule has 4 nitrogen and oxygen atoms in total. The molecule has 0 rings (SSSR count). The van der Waals surface area contributed by atoms with Gasteiger partial charge >= 0.3 is 0 Å². The number of aliphatic hydroxyl groups excluding tert-OH is 2. The van der Waals surface area contributed by atoms with Crippen molar-refractivity contribution in [3.63, 3.8) is 0 Å². The molecule has 0 heterocycles. The predicted octanol–water partition coefficient (Wildman–Crippen LogP) is 1.59. The Balaban J connectivity index is 3.55. The summed E-state index contributed by atoms with van der Waals surface area (Å²) in [5, 5.41) is 19.3. The van der Waals surface area contributed by atoms with Crippen molar-refractivity contribution in [1.82, 2.24) is 0 Å². The van der Waals surface area contributed by atoms with E-state index in [-0.39, 0.29) is 12.2 Å². The summed E-state index contributed by atoms with van der Waals surface area (Å²) < 4.78 is 10.3. The topological polar surface area (TPSA) is 58.9 Å². The van der Waals surface area contributed by atoms with Crippen molar-refractivity contribution in [3.8, 4) is 0 Å². The number of methoxy groups -OCH3 is 1. The molecule has 3 atom stereocenters. The van der Waals surface area contributed by atoms with Gasteiger partial charge in [0, 0.05) is 7.11 Å². The molecular formula is C13H28O4. The molecule has 104 valence electrons. The summed E-state index contributed by atoms with van der Waals surface area (Å²) in [5.74, 6) is 0.486. The Kier molecular flexibility index (Phi) is 9.74. The van der Waals surface area contributed by atoms with Crippen molar-refractivity contribution in [2.45, 2.75) is 58.3 Å². The Morgan fingerprint density at radius 2 is 1.53 bits per heavy atom. The van der Waals surface area contributed by atoms with Crippen molar-refractivity contribution in [2.75, 3.05) is 20.3 Å². The Hall–Kier alpha value is -0.160. The lowest BCUT2D eigenvalue weighted by molar-refractivity contribution is -0.0367. The zero-order valence-electron chi connectivity index (χ0n) is 11.6. The average Bonchev–Trinajstić information content (AvgIpc) is 2.23. The third-order valence-corrected chi connectivity index (χ3v) is 2.55. The standard InChI is InChI=1S/C13H28O4/c1-10(2)7-12(14)5-6-13(15)9-17-11(3)8-16-4/h10-15H,5-9H2,1-4H3. The minimum absolute atomic E-state index is 0.00441. The normalized spacial score (nSPS) is 17.1. The molecule has 17 heavy (non-hydrogen) atoms. The average molecular weight is 248 g/mol. The highest BCUT2D eigenvalue weighted by Gasteiger charge is 2.12. The molecular weight excluding hydrogens is 220 g/mol. The summed E-state index contributed by atoms with van der Waals surface area (Å²) in [6.45, 7) is 6.90. The molecule has 0 bridgehead atoms. The third-order valence-electron chi connectivity index (χ3n) is 2.55. The molecule has 0 spiro atoms. The summed E-state index contributed by atoms with van der Waals surface area (Å²) in [5.41, 5.74) is 0. The van der Waals surface area contributed by atoms with E-state index in [2.05, 4.69) is 13.8 Å². The first-order valence-electron chi connectivity index (χ1n) is 6.42. The minimum atomic E-state index is -0.504. The number of hydrogen-bond donors (Lipinski definition) is 2. The Bertz CT molecular complexity index is 173. The summed E-state index contributed by atoms with van der Waals surface area (Å²) in [7, 11) is 1.62. The van der Waals surface area contributed by atoms with Crippen LogP contribution in [-0.4, -0.2) is 48.8 Å². The fourth-order valence-corrected chi connectivity index (χ4v) is 1.69. The lowest BCUT2D eigenvalue weighted by Gasteiger charge is -2.18. The molecule has 2 N–H and O–H groups in total. The van der Waals surface area contributed by atoms with Gasteiger partial charge in [0.1, 0.15) is 0 Å². The largest absolute Gasteiger partial charge is 0.393 e. The van der Waals surface area contributed by atoms with Crippen molar-refractivity contribution >= 4 is 0 Å². The molecule has 0 aromatic heterocycles. The van der Waals surface area contributed by atoms with Crippen LogP contribution in [0.4, 0.5) is 0 Å². The van der Waals surface area contributed by atoms with Crippen LogP contribution in [0, 0.1) is 5.92 Å². The van der Waals surface area contributed by atoms with E-state index in [9.17, 15) is 10.2 Å². The number of rotatable bonds is 10. The first-order valence-corrected chi connectivity index (χ1v) is 6.42. The molecule has 0 fully saturated rings. The molecule has 0 aromatic carbocycles. The highest BCUT2D eigenvalue weighted by Crippen LogP contribution is 2.11. The zero-order valence-corrected chi connectivity index (χ0v) is 11.6. The first kappa shape index (κ1) is 16.8. The maximum Gasteiger partial charge on any atom is 0.0781 e. The fraction of sp³-hybridized carbons (Fsp3) is 1.00. The summed E-state index contributed by atoms with van der Waals surface area (Å²) >= 11 is 0. The SMILES string of the molecule is COCC(C)OCC(O)CCC(O)CC(C)C. The second kappa shape index (κ2) is 9.83. The molecule has 0 radical (unpaired) electrons. The lowest BCUT2D eigenvalue weighted by atomic mass is 10.0. The van der Waals surface area contributed by atoms with Crippen molar-refractivity contribution in [3.05, 3.63) is 0 Å². The van der Waals surface area contributed by atoms with Gasteiger partial charge in [0.05, 0.1) is 31.5 Å². The molecule has 0 amide bonds. The van der Waals surface area contributed by atoms with Gasteiger partial charge in [-0.15, -0.1) is 0 Å². The summed E-state index contributed by atoms with van der Waals surface area (Å²) in [6, 6.07) is 0. The fourth-order valence-electron chi connectivity index (χ4n) is 1.69. The smallest absolute Gasteiger partial charge is 0.0781 e. The van der Waals surface area contributed by atoms with Crippen LogP contribution in [0.2, 0.25) is 0 Å². The van der Waals surface area contributed by atoms with Gasteiger partial charge in [-0.1, -0.05) is 13.8 Å². The first-order chi connectivity index (χ1) is 7.95. The van der Waals surface area contributed by atoms with Crippen LogP contribution in [0.15, 0.2) is 0 Å². The van der Waals surface area contributed by atoms with E-state index in [0.29, 0.717) is 32.0 Å². The van der Waals surface area contributed by atoms with Crippen LogP contribution in [-0.2, 0) is 9.47 Å². The second-order valence-corrected chi connectivity index (χ2v) is 5.11. The van der Waals surface area contributed by atoms with Gasteiger partial charge in [-0.3, -0.25) is 0 Å². The van der Waals surface area contributed by atoms with E-state index in [1.165, 1.54) is 0 Å². The van der Waals surface area contributed by atoms with E-state index in [1.54, 1.807) is 7.11 Å². The van der Waals surface area contributed by atoms with Crippen molar-refractivity contribution in [1.29, 1.82) is 0 Å². The summed E-state index contributed by atoms with van der Waals surface area (Å²) in [6.07, 6.45) is 1.16. The van der Waals surface area contributed by atoms with Crippen molar-refractivity contribution < 1.29 is 19.7 Å². The van der Waals surface area contributed by atoms with Gasteiger partial charge in [-0.05, 0) is 32.1 Å². The van der Waals surface area contributed by atoms with Crippen LogP contribution < -0.4 is 0 Å². The molecule has 0 aliphatic heterocycles. The van der Waals surface area contributed by atoms with Crippen molar-refractivity contribution in [2.24, 2.45) is 5.92 Å². The second-order valence-electron chi connectivity index (χ2n) is 5.11. The molecule has 0 aromatic rings. The quantitative estimate of drug-likeness (QED) is 0.616. The molecule has 0 saturated heterocycles. The Morgan fingerprint density at radius 1 is 0.941 bits per heavy atom.